The standard InChI is InChI=1S/C6H8F3N3/c1-3-4(10)5(6(7,8)9)12(2)11-3/h10H2,1-2H3. The number of nitrogens with two attached hydrogens (primary N) is 1. The summed E-state index contributed by atoms with van der Waals surface area (Å²) in [6.07, 6.45) is -4.43. The summed E-state index contributed by atoms with van der Waals surface area (Å²) in [6.45, 7) is 1.44. The molecule has 0 saturated carbocycles. The molecular weight excluding hydrogens is 171 g/mol. The maximum atomic E-state index is 12.2. The van der Waals surface area contributed by atoms with Crippen molar-refractivity contribution in [2.24, 2.45) is 7.05 Å². The lowest BCUT2D eigenvalue weighted by atomic mass is 10.3. The van der Waals surface area contributed by atoms with Crippen LogP contribution in [-0.2, 0) is 13.2 Å². The van der Waals surface area contributed by atoms with Gasteiger partial charge in [0.2, 0.25) is 0 Å². The topological polar surface area (TPSA) is 43.8 Å². The van der Waals surface area contributed by atoms with Crippen LogP contribution in [0.1, 0.15) is 11.4 Å². The minimum Gasteiger partial charge on any atom is -0.395 e. The Morgan fingerprint density at radius 1 is 1.42 bits per heavy atom. The van der Waals surface area contributed by atoms with Gasteiger partial charge in [0, 0.05) is 7.05 Å². The van der Waals surface area contributed by atoms with Crippen LogP contribution < -0.4 is 5.73 Å². The van der Waals surface area contributed by atoms with Crippen LogP contribution in [0.3, 0.4) is 0 Å². The average molecular weight is 179 g/mol. The zero-order valence-corrected chi connectivity index (χ0v) is 6.61. The van der Waals surface area contributed by atoms with Crippen molar-refractivity contribution in [3.8, 4) is 0 Å². The summed E-state index contributed by atoms with van der Waals surface area (Å²) in [5.41, 5.74) is 4.20. The van der Waals surface area contributed by atoms with Gasteiger partial charge in [0.15, 0.2) is 5.69 Å². The molecule has 0 aromatic carbocycles. The highest BCUT2D eigenvalue weighted by atomic mass is 19.4. The number of hydrogen-bond acceptors (Lipinski definition) is 2. The van der Waals surface area contributed by atoms with Gasteiger partial charge >= 0.3 is 6.18 Å². The number of anilines is 1. The van der Waals surface area contributed by atoms with E-state index in [1.165, 1.54) is 14.0 Å². The van der Waals surface area contributed by atoms with Crippen LogP contribution >= 0.6 is 0 Å². The third-order valence-electron chi connectivity index (χ3n) is 1.54. The molecule has 0 radical (unpaired) electrons. The Bertz CT molecular complexity index is 300. The second kappa shape index (κ2) is 2.40. The van der Waals surface area contributed by atoms with E-state index in [0.29, 0.717) is 0 Å². The van der Waals surface area contributed by atoms with E-state index in [1.807, 2.05) is 0 Å². The molecule has 0 saturated heterocycles. The third kappa shape index (κ3) is 1.24. The highest BCUT2D eigenvalue weighted by Gasteiger charge is 2.37. The fourth-order valence-corrected chi connectivity index (χ4v) is 1.01. The van der Waals surface area contributed by atoms with E-state index in [-0.39, 0.29) is 11.4 Å². The molecular formula is C6H8F3N3. The van der Waals surface area contributed by atoms with Crippen LogP contribution in [0.15, 0.2) is 0 Å². The quantitative estimate of drug-likeness (QED) is 0.652. The Balaban J connectivity index is 3.32. The smallest absolute Gasteiger partial charge is 0.395 e. The van der Waals surface area contributed by atoms with Crippen LogP contribution in [0.4, 0.5) is 18.9 Å². The van der Waals surface area contributed by atoms with Gasteiger partial charge in [0.25, 0.3) is 0 Å². The monoisotopic (exact) mass is 179 g/mol. The lowest BCUT2D eigenvalue weighted by Crippen LogP contribution is -2.13. The normalized spacial score (nSPS) is 12.1. The molecule has 0 unspecified atom stereocenters. The number of hydrogen-bond donors (Lipinski definition) is 1. The van der Waals surface area contributed by atoms with Crippen molar-refractivity contribution in [2.45, 2.75) is 13.1 Å². The van der Waals surface area contributed by atoms with Gasteiger partial charge in [-0.05, 0) is 6.92 Å². The molecule has 0 fully saturated rings. The van der Waals surface area contributed by atoms with Crippen molar-refractivity contribution in [2.75, 3.05) is 5.73 Å². The zero-order valence-electron chi connectivity index (χ0n) is 6.61. The number of aromatic nitrogens is 2. The second-order valence-corrected chi connectivity index (χ2v) is 2.47. The van der Waals surface area contributed by atoms with E-state index in [9.17, 15) is 13.2 Å². The molecule has 1 heterocycles. The number of halogens is 3. The lowest BCUT2D eigenvalue weighted by molar-refractivity contribution is -0.143. The Kier molecular flexibility index (Phi) is 1.78. The summed E-state index contributed by atoms with van der Waals surface area (Å²) < 4.78 is 37.3. The van der Waals surface area contributed by atoms with Crippen LogP contribution in [-0.4, -0.2) is 9.78 Å². The first-order valence-corrected chi connectivity index (χ1v) is 3.20. The SMILES string of the molecule is Cc1nn(C)c(C(F)(F)F)c1N. The predicted molar refractivity (Wildman–Crippen MR) is 37.4 cm³/mol. The molecule has 1 aromatic heterocycles. The highest BCUT2D eigenvalue weighted by Crippen LogP contribution is 2.34. The fraction of sp³-hybridized carbons (Fsp3) is 0.500. The largest absolute Gasteiger partial charge is 0.435 e. The van der Waals surface area contributed by atoms with Gasteiger partial charge in [-0.25, -0.2) is 0 Å². The first-order chi connectivity index (χ1) is 5.34. The molecule has 3 nitrogen and oxygen atoms in total. The highest BCUT2D eigenvalue weighted by molar-refractivity contribution is 5.48. The predicted octanol–water partition coefficient (Wildman–Crippen LogP) is 1.33. The van der Waals surface area contributed by atoms with Gasteiger partial charge in [0.1, 0.15) is 0 Å². The maximum Gasteiger partial charge on any atom is 0.435 e. The molecule has 1 rings (SSSR count). The molecule has 1 aromatic rings. The first kappa shape index (κ1) is 8.89. The van der Waals surface area contributed by atoms with Crippen molar-refractivity contribution in [3.05, 3.63) is 11.4 Å². The number of alkyl halides is 3. The van der Waals surface area contributed by atoms with Crippen LogP contribution in [0.5, 0.6) is 0 Å². The zero-order chi connectivity index (χ0) is 9.52. The van der Waals surface area contributed by atoms with Crippen LogP contribution in [0, 0.1) is 6.92 Å². The second-order valence-electron chi connectivity index (χ2n) is 2.47. The molecule has 0 atom stereocenters. The molecule has 68 valence electrons. The molecule has 0 spiro atoms. The van der Waals surface area contributed by atoms with Gasteiger partial charge in [-0.2, -0.15) is 18.3 Å². The van der Waals surface area contributed by atoms with Gasteiger partial charge in [-0.15, -0.1) is 0 Å². The van der Waals surface area contributed by atoms with E-state index in [1.54, 1.807) is 0 Å². The summed E-state index contributed by atoms with van der Waals surface area (Å²) in [5, 5.41) is 3.55. The number of rotatable bonds is 0. The number of aryl methyl sites for hydroxylation is 2. The minimum absolute atomic E-state index is 0.199. The summed E-state index contributed by atoms with van der Waals surface area (Å²) in [4.78, 5) is 0. The first-order valence-electron chi connectivity index (χ1n) is 3.20. The van der Waals surface area contributed by atoms with E-state index >= 15 is 0 Å². The van der Waals surface area contributed by atoms with Gasteiger partial charge in [0.05, 0.1) is 11.4 Å². The minimum atomic E-state index is -4.43. The molecule has 0 amide bonds. The van der Waals surface area contributed by atoms with Crippen molar-refractivity contribution in [3.63, 3.8) is 0 Å². The van der Waals surface area contributed by atoms with Gasteiger partial charge in [-0.3, -0.25) is 4.68 Å². The maximum absolute atomic E-state index is 12.2. The van der Waals surface area contributed by atoms with Crippen molar-refractivity contribution in [1.82, 2.24) is 9.78 Å². The van der Waals surface area contributed by atoms with Gasteiger partial charge < -0.3 is 5.73 Å². The Morgan fingerprint density at radius 2 is 1.92 bits per heavy atom. The molecule has 2 N–H and O–H groups in total. The third-order valence-corrected chi connectivity index (χ3v) is 1.54. The molecule has 0 aliphatic carbocycles. The fourth-order valence-electron chi connectivity index (χ4n) is 1.01. The summed E-state index contributed by atoms with van der Waals surface area (Å²) in [7, 11) is 1.21. The van der Waals surface area contributed by atoms with Gasteiger partial charge in [-0.1, -0.05) is 0 Å². The Morgan fingerprint density at radius 3 is 2.08 bits per heavy atom. The van der Waals surface area contributed by atoms with Crippen molar-refractivity contribution < 1.29 is 13.2 Å². The Hall–Kier alpha value is -1.20. The van der Waals surface area contributed by atoms with Crippen molar-refractivity contribution >= 4 is 5.69 Å². The molecule has 0 bridgehead atoms. The van der Waals surface area contributed by atoms with Crippen LogP contribution in [0.2, 0.25) is 0 Å². The summed E-state index contributed by atoms with van der Waals surface area (Å²) in [6, 6.07) is 0. The molecule has 6 heteroatoms. The summed E-state index contributed by atoms with van der Waals surface area (Å²) >= 11 is 0. The van der Waals surface area contributed by atoms with E-state index in [4.69, 9.17) is 5.73 Å². The van der Waals surface area contributed by atoms with E-state index in [2.05, 4.69) is 5.10 Å². The Labute approximate surface area is 67.0 Å². The van der Waals surface area contributed by atoms with Crippen LogP contribution in [0.25, 0.3) is 0 Å². The number of nitrogens with zero attached hydrogens (tertiary/aromatic N) is 2. The number of nitrogen functional groups attached to an aromatic ring is 1. The summed E-state index contributed by atoms with van der Waals surface area (Å²) in [5.74, 6) is 0. The average Bonchev–Trinajstić information content (AvgIpc) is 2.05. The van der Waals surface area contributed by atoms with Crippen molar-refractivity contribution in [1.29, 1.82) is 0 Å². The molecule has 0 aliphatic heterocycles. The molecule has 12 heavy (non-hydrogen) atoms. The van der Waals surface area contributed by atoms with E-state index in [0.717, 1.165) is 4.68 Å². The van der Waals surface area contributed by atoms with E-state index < -0.39 is 11.9 Å². The molecule has 0 aliphatic rings. The lowest BCUT2D eigenvalue weighted by Gasteiger charge is -2.06.